The number of para-hydroxylation sites is 1. The molecule has 3 rings (SSSR count). The van der Waals surface area contributed by atoms with Crippen LogP contribution in [0, 0.1) is 0 Å². The number of benzene rings is 2. The molecule has 146 valence electrons. The van der Waals surface area contributed by atoms with E-state index in [4.69, 9.17) is 9.47 Å². The number of fused-ring (bicyclic) bond motifs is 1. The van der Waals surface area contributed by atoms with E-state index in [-0.39, 0.29) is 11.4 Å². The van der Waals surface area contributed by atoms with Crippen LogP contribution in [0.2, 0.25) is 0 Å². The van der Waals surface area contributed by atoms with Gasteiger partial charge in [0.1, 0.15) is 0 Å². The number of nitrogens with zero attached hydrogens (tertiary/aromatic N) is 1. The summed E-state index contributed by atoms with van der Waals surface area (Å²) in [6, 6.07) is 15.1. The highest BCUT2D eigenvalue weighted by atomic mass is 16.5. The van der Waals surface area contributed by atoms with Crippen LogP contribution in [0.5, 0.6) is 11.5 Å². The third-order valence-electron chi connectivity index (χ3n) is 4.74. The summed E-state index contributed by atoms with van der Waals surface area (Å²) < 4.78 is 10.7. The highest BCUT2D eigenvalue weighted by molar-refractivity contribution is 5.99. The van der Waals surface area contributed by atoms with Crippen LogP contribution in [0.25, 0.3) is 10.9 Å². The number of carbonyl (C=O) groups excluding carboxylic acids is 1. The smallest absolute Gasteiger partial charge is 0.319 e. The first kappa shape index (κ1) is 19.5. The summed E-state index contributed by atoms with van der Waals surface area (Å²) in [4.78, 5) is 16.8. The van der Waals surface area contributed by atoms with Crippen LogP contribution in [0.1, 0.15) is 19.4 Å². The number of nitrogens with one attached hydrogen (secondary N) is 2. The molecule has 0 spiro atoms. The molecule has 6 heteroatoms. The molecule has 0 bridgehead atoms. The molecule has 2 aromatic carbocycles. The van der Waals surface area contributed by atoms with Gasteiger partial charge in [-0.1, -0.05) is 38.1 Å². The number of pyridine rings is 1. The number of methoxy groups -OCH3 is 2. The van der Waals surface area contributed by atoms with Crippen molar-refractivity contribution in [1.82, 2.24) is 10.3 Å². The zero-order chi connectivity index (χ0) is 20.1. The second kappa shape index (κ2) is 8.17. The van der Waals surface area contributed by atoms with Gasteiger partial charge in [0.25, 0.3) is 0 Å². The van der Waals surface area contributed by atoms with Crippen molar-refractivity contribution in [3.8, 4) is 11.5 Å². The minimum Gasteiger partial charge on any atom is -0.493 e. The minimum absolute atomic E-state index is 0.272. The van der Waals surface area contributed by atoms with Crippen LogP contribution >= 0.6 is 0 Å². The predicted molar refractivity (Wildman–Crippen MR) is 111 cm³/mol. The second-order valence-electron chi connectivity index (χ2n) is 7.14. The van der Waals surface area contributed by atoms with Gasteiger partial charge < -0.3 is 20.1 Å². The summed E-state index contributed by atoms with van der Waals surface area (Å²) in [5.74, 6) is 1.34. The van der Waals surface area contributed by atoms with Gasteiger partial charge in [-0.3, -0.25) is 4.98 Å². The summed E-state index contributed by atoms with van der Waals surface area (Å²) in [5, 5.41) is 6.82. The third-order valence-corrected chi connectivity index (χ3v) is 4.74. The maximum absolute atomic E-state index is 12.5. The number of carbonyl (C=O) groups is 1. The van der Waals surface area contributed by atoms with Crippen molar-refractivity contribution in [2.75, 3.05) is 26.1 Å². The van der Waals surface area contributed by atoms with E-state index in [0.29, 0.717) is 23.7 Å². The van der Waals surface area contributed by atoms with Crippen molar-refractivity contribution in [2.45, 2.75) is 19.3 Å². The first-order valence-electron chi connectivity index (χ1n) is 9.06. The number of aromatic nitrogens is 1. The molecule has 0 radical (unpaired) electrons. The molecule has 0 fully saturated rings. The zero-order valence-corrected chi connectivity index (χ0v) is 16.6. The number of urea groups is 1. The van der Waals surface area contributed by atoms with Gasteiger partial charge >= 0.3 is 6.03 Å². The van der Waals surface area contributed by atoms with Crippen LogP contribution in [0.4, 0.5) is 10.5 Å². The number of amides is 2. The van der Waals surface area contributed by atoms with Crippen molar-refractivity contribution < 1.29 is 14.3 Å². The molecule has 2 N–H and O–H groups in total. The molecule has 0 atom stereocenters. The summed E-state index contributed by atoms with van der Waals surface area (Å²) in [7, 11) is 3.22. The monoisotopic (exact) mass is 379 g/mol. The van der Waals surface area contributed by atoms with Crippen molar-refractivity contribution in [2.24, 2.45) is 0 Å². The molecule has 0 saturated heterocycles. The Balaban J connectivity index is 1.69. The van der Waals surface area contributed by atoms with Gasteiger partial charge in [0.05, 0.1) is 25.4 Å². The lowest BCUT2D eigenvalue weighted by atomic mass is 9.84. The van der Waals surface area contributed by atoms with E-state index in [9.17, 15) is 4.79 Å². The topological polar surface area (TPSA) is 72.5 Å². The standard InChI is InChI=1S/C22H25N3O3/c1-22(2,16-10-11-18(27-3)19(13-16)28-4)14-24-21(26)25-17-9-5-7-15-8-6-12-23-20(15)17/h5-13H,14H2,1-4H3,(H2,24,25,26). The molecule has 0 aliphatic rings. The Labute approximate surface area is 164 Å². The van der Waals surface area contributed by atoms with Crippen LogP contribution in [0.3, 0.4) is 0 Å². The van der Waals surface area contributed by atoms with Crippen LogP contribution in [0.15, 0.2) is 54.7 Å². The second-order valence-corrected chi connectivity index (χ2v) is 7.14. The largest absolute Gasteiger partial charge is 0.493 e. The summed E-state index contributed by atoms with van der Waals surface area (Å²) >= 11 is 0. The quantitative estimate of drug-likeness (QED) is 0.668. The predicted octanol–water partition coefficient (Wildman–Crippen LogP) is 4.35. The molecule has 1 aromatic heterocycles. The van der Waals surface area contributed by atoms with E-state index in [1.807, 2.05) is 48.5 Å². The average Bonchev–Trinajstić information content (AvgIpc) is 2.72. The van der Waals surface area contributed by atoms with Gasteiger partial charge in [0.15, 0.2) is 11.5 Å². The molecule has 3 aromatic rings. The average molecular weight is 379 g/mol. The highest BCUT2D eigenvalue weighted by Crippen LogP contribution is 2.33. The van der Waals surface area contributed by atoms with Crippen molar-refractivity contribution in [3.63, 3.8) is 0 Å². The van der Waals surface area contributed by atoms with E-state index in [1.165, 1.54) is 0 Å². The van der Waals surface area contributed by atoms with E-state index < -0.39 is 0 Å². The van der Waals surface area contributed by atoms with Crippen LogP contribution in [-0.2, 0) is 5.41 Å². The molecule has 0 saturated carbocycles. The van der Waals surface area contributed by atoms with Gasteiger partial charge in [-0.15, -0.1) is 0 Å². The number of rotatable bonds is 6. The lowest BCUT2D eigenvalue weighted by Gasteiger charge is -2.26. The van der Waals surface area contributed by atoms with Gasteiger partial charge in [-0.25, -0.2) is 4.79 Å². The molecule has 6 nitrogen and oxygen atoms in total. The molecule has 1 heterocycles. The van der Waals surface area contributed by atoms with Gasteiger partial charge in [-0.2, -0.15) is 0 Å². The Hall–Kier alpha value is -3.28. The molecular weight excluding hydrogens is 354 g/mol. The van der Waals surface area contributed by atoms with Gasteiger partial charge in [0, 0.05) is 23.5 Å². The Morgan fingerprint density at radius 3 is 2.54 bits per heavy atom. The van der Waals surface area contributed by atoms with E-state index in [0.717, 1.165) is 16.5 Å². The van der Waals surface area contributed by atoms with Crippen molar-refractivity contribution in [3.05, 3.63) is 60.3 Å². The first-order valence-corrected chi connectivity index (χ1v) is 9.06. The number of hydrogen-bond acceptors (Lipinski definition) is 4. The molecule has 0 unspecified atom stereocenters. The maximum atomic E-state index is 12.5. The van der Waals surface area contributed by atoms with E-state index in [2.05, 4.69) is 29.5 Å². The Morgan fingerprint density at radius 1 is 1.04 bits per heavy atom. The molecule has 28 heavy (non-hydrogen) atoms. The maximum Gasteiger partial charge on any atom is 0.319 e. The normalized spacial score (nSPS) is 11.1. The minimum atomic E-state index is -0.298. The number of hydrogen-bond donors (Lipinski definition) is 2. The van der Waals surface area contributed by atoms with Gasteiger partial charge in [0.2, 0.25) is 0 Å². The number of ether oxygens (including phenoxy) is 2. The van der Waals surface area contributed by atoms with Crippen molar-refractivity contribution in [1.29, 1.82) is 0 Å². The Kier molecular flexibility index (Phi) is 5.68. The van der Waals surface area contributed by atoms with Crippen LogP contribution in [-0.4, -0.2) is 31.8 Å². The summed E-state index contributed by atoms with van der Waals surface area (Å²) in [5.41, 5.74) is 2.18. The molecular formula is C22H25N3O3. The highest BCUT2D eigenvalue weighted by Gasteiger charge is 2.23. The molecule has 2 amide bonds. The van der Waals surface area contributed by atoms with E-state index >= 15 is 0 Å². The van der Waals surface area contributed by atoms with Crippen LogP contribution < -0.4 is 20.1 Å². The Morgan fingerprint density at radius 2 is 1.79 bits per heavy atom. The Bertz CT molecular complexity index is 980. The third kappa shape index (κ3) is 4.17. The zero-order valence-electron chi connectivity index (χ0n) is 16.6. The van der Waals surface area contributed by atoms with E-state index in [1.54, 1.807) is 20.4 Å². The van der Waals surface area contributed by atoms with Crippen molar-refractivity contribution >= 4 is 22.6 Å². The summed E-state index contributed by atoms with van der Waals surface area (Å²) in [6.45, 7) is 4.58. The lowest BCUT2D eigenvalue weighted by molar-refractivity contribution is 0.249. The summed E-state index contributed by atoms with van der Waals surface area (Å²) in [6.07, 6.45) is 1.71. The molecule has 0 aliphatic carbocycles. The number of anilines is 1. The van der Waals surface area contributed by atoms with Gasteiger partial charge in [-0.05, 0) is 29.8 Å². The lowest BCUT2D eigenvalue weighted by Crippen LogP contribution is -2.39. The fourth-order valence-electron chi connectivity index (χ4n) is 3.03. The fourth-order valence-corrected chi connectivity index (χ4v) is 3.03. The fraction of sp³-hybridized carbons (Fsp3) is 0.273. The SMILES string of the molecule is COc1ccc(C(C)(C)CNC(=O)Nc2cccc3cccnc23)cc1OC. The first-order chi connectivity index (χ1) is 13.4. The molecule has 0 aliphatic heterocycles.